The Morgan fingerprint density at radius 1 is 1.13 bits per heavy atom. The average Bonchev–Trinajstić information content (AvgIpc) is 2.76. The lowest BCUT2D eigenvalue weighted by Gasteiger charge is -2.40. The highest BCUT2D eigenvalue weighted by molar-refractivity contribution is 5.73. The molecule has 166 valence electrons. The van der Waals surface area contributed by atoms with Gasteiger partial charge in [-0.25, -0.2) is 0 Å². The normalized spacial score (nSPS) is 22.1. The first kappa shape index (κ1) is 21.7. The van der Waals surface area contributed by atoms with Crippen molar-refractivity contribution in [3.8, 4) is 11.5 Å². The van der Waals surface area contributed by atoms with Crippen LogP contribution in [0.4, 0.5) is 5.69 Å². The molecule has 3 atom stereocenters. The van der Waals surface area contributed by atoms with E-state index in [1.807, 2.05) is 6.07 Å². The maximum atomic E-state index is 11.8. The number of nitrogens with two attached hydrogens (primary N) is 1. The van der Waals surface area contributed by atoms with Crippen LogP contribution in [-0.4, -0.2) is 25.2 Å². The van der Waals surface area contributed by atoms with Gasteiger partial charge >= 0.3 is 5.97 Å². The van der Waals surface area contributed by atoms with Crippen LogP contribution in [0.3, 0.4) is 0 Å². The van der Waals surface area contributed by atoms with E-state index in [9.17, 15) is 4.79 Å². The molecule has 2 aromatic carbocycles. The lowest BCUT2D eigenvalue weighted by atomic mass is 9.71. The number of esters is 1. The van der Waals surface area contributed by atoms with Gasteiger partial charge < -0.3 is 20.5 Å². The van der Waals surface area contributed by atoms with E-state index < -0.39 is 0 Å². The van der Waals surface area contributed by atoms with E-state index in [0.717, 1.165) is 68.5 Å². The number of fused-ring (bicyclic) bond motifs is 3. The first-order valence-corrected chi connectivity index (χ1v) is 11.6. The summed E-state index contributed by atoms with van der Waals surface area (Å²) < 4.78 is 11.7. The second-order valence-corrected chi connectivity index (χ2v) is 8.94. The van der Waals surface area contributed by atoms with Crippen LogP contribution in [-0.2, 0) is 11.2 Å². The predicted molar refractivity (Wildman–Crippen MR) is 124 cm³/mol. The first-order chi connectivity index (χ1) is 15.1. The minimum Gasteiger partial charge on any atom is -0.493 e. The van der Waals surface area contributed by atoms with Gasteiger partial charge in [0.05, 0.1) is 6.61 Å². The van der Waals surface area contributed by atoms with Gasteiger partial charge in [-0.05, 0) is 62.3 Å². The maximum absolute atomic E-state index is 11.8. The molecule has 31 heavy (non-hydrogen) atoms. The molecule has 1 fully saturated rings. The van der Waals surface area contributed by atoms with Crippen molar-refractivity contribution in [3.05, 3.63) is 53.6 Å². The summed E-state index contributed by atoms with van der Waals surface area (Å²) in [6.07, 6.45) is 7.49. The van der Waals surface area contributed by atoms with Gasteiger partial charge in [-0.1, -0.05) is 30.3 Å². The summed E-state index contributed by atoms with van der Waals surface area (Å²) in [4.78, 5) is 11.8. The van der Waals surface area contributed by atoms with E-state index in [1.165, 1.54) is 12.5 Å². The third-order valence-electron chi connectivity index (χ3n) is 6.55. The highest BCUT2D eigenvalue weighted by atomic mass is 16.5. The average molecular weight is 423 g/mol. The lowest BCUT2D eigenvalue weighted by molar-refractivity contribution is -0.131. The molecule has 1 saturated carbocycles. The number of ether oxygens (including phenoxy) is 2. The number of anilines is 1. The van der Waals surface area contributed by atoms with Crippen LogP contribution in [0.2, 0.25) is 0 Å². The molecular formula is C26H34N2O3. The van der Waals surface area contributed by atoms with Crippen LogP contribution in [0.1, 0.15) is 62.5 Å². The Kier molecular flexibility index (Phi) is 7.13. The molecule has 2 aromatic rings. The Morgan fingerprint density at radius 3 is 2.77 bits per heavy atom. The Hall–Kier alpha value is -2.53. The van der Waals surface area contributed by atoms with Gasteiger partial charge in [-0.3, -0.25) is 4.79 Å². The van der Waals surface area contributed by atoms with E-state index in [4.69, 9.17) is 15.2 Å². The molecule has 3 N–H and O–H groups in total. The highest BCUT2D eigenvalue weighted by Crippen LogP contribution is 2.49. The lowest BCUT2D eigenvalue weighted by Crippen LogP contribution is -2.38. The summed E-state index contributed by atoms with van der Waals surface area (Å²) >= 11 is 0. The molecule has 0 saturated heterocycles. The maximum Gasteiger partial charge on any atom is 0.308 e. The number of carbonyl (C=O) groups is 1. The number of benzene rings is 2. The SMILES string of the molecule is CC(=O)Oc1cc(OCCCCCc2ccccc2)cc2c1C1CC(N)CCC1CN2. The summed E-state index contributed by atoms with van der Waals surface area (Å²) in [5, 5.41) is 3.55. The summed E-state index contributed by atoms with van der Waals surface area (Å²) in [5.41, 5.74) is 9.77. The molecule has 1 aliphatic carbocycles. The third-order valence-corrected chi connectivity index (χ3v) is 6.55. The Morgan fingerprint density at radius 2 is 1.97 bits per heavy atom. The van der Waals surface area contributed by atoms with Crippen LogP contribution in [0.25, 0.3) is 0 Å². The standard InChI is InChI=1S/C26H34N2O3/c1-18(29)31-25-16-22(30-13-7-3-6-10-19-8-4-2-5-9-19)15-24-26(25)23-14-21(27)12-11-20(23)17-28-24/h2,4-5,8-9,15-16,20-21,23,28H,3,6-7,10-14,17,27H2,1H3. The second-order valence-electron chi connectivity index (χ2n) is 8.94. The van der Waals surface area contributed by atoms with Gasteiger partial charge in [0, 0.05) is 42.9 Å². The van der Waals surface area contributed by atoms with E-state index in [2.05, 4.69) is 41.7 Å². The van der Waals surface area contributed by atoms with Crippen molar-refractivity contribution >= 4 is 11.7 Å². The summed E-state index contributed by atoms with van der Waals surface area (Å²) in [5.74, 6) is 1.95. The van der Waals surface area contributed by atoms with Crippen LogP contribution >= 0.6 is 0 Å². The molecule has 0 spiro atoms. The zero-order valence-electron chi connectivity index (χ0n) is 18.4. The van der Waals surface area contributed by atoms with Crippen molar-refractivity contribution in [2.45, 2.75) is 63.8 Å². The van der Waals surface area contributed by atoms with Crippen LogP contribution < -0.4 is 20.5 Å². The fourth-order valence-electron chi connectivity index (χ4n) is 5.00. The quantitative estimate of drug-likeness (QED) is 0.354. The molecule has 0 radical (unpaired) electrons. The molecule has 2 aliphatic rings. The smallest absolute Gasteiger partial charge is 0.308 e. The molecular weight excluding hydrogens is 388 g/mol. The molecule has 0 amide bonds. The van der Waals surface area contributed by atoms with Crippen LogP contribution in [0, 0.1) is 5.92 Å². The summed E-state index contributed by atoms with van der Waals surface area (Å²) in [6.45, 7) is 3.05. The van der Waals surface area contributed by atoms with Gasteiger partial charge in [0.15, 0.2) is 0 Å². The van der Waals surface area contributed by atoms with Crippen molar-refractivity contribution in [2.24, 2.45) is 11.7 Å². The fourth-order valence-corrected chi connectivity index (χ4v) is 5.00. The van der Waals surface area contributed by atoms with Crippen LogP contribution in [0.5, 0.6) is 11.5 Å². The first-order valence-electron chi connectivity index (χ1n) is 11.6. The molecule has 0 bridgehead atoms. The largest absolute Gasteiger partial charge is 0.493 e. The minimum absolute atomic E-state index is 0.212. The highest BCUT2D eigenvalue weighted by Gasteiger charge is 2.37. The molecule has 5 nitrogen and oxygen atoms in total. The Balaban J connectivity index is 1.38. The number of carbonyl (C=O) groups excluding carboxylic acids is 1. The molecule has 0 aromatic heterocycles. The fraction of sp³-hybridized carbons (Fsp3) is 0.500. The number of rotatable bonds is 8. The zero-order chi connectivity index (χ0) is 21.6. The Labute approximate surface area is 185 Å². The molecule has 4 rings (SSSR count). The van der Waals surface area contributed by atoms with E-state index in [1.54, 1.807) is 0 Å². The van der Waals surface area contributed by atoms with E-state index in [-0.39, 0.29) is 12.0 Å². The number of unbranched alkanes of at least 4 members (excludes halogenated alkanes) is 2. The van der Waals surface area contributed by atoms with Crippen molar-refractivity contribution < 1.29 is 14.3 Å². The van der Waals surface area contributed by atoms with Gasteiger partial charge in [0.2, 0.25) is 0 Å². The summed E-state index contributed by atoms with van der Waals surface area (Å²) in [7, 11) is 0. The second kappa shape index (κ2) is 10.2. The number of hydrogen-bond donors (Lipinski definition) is 2. The number of hydrogen-bond acceptors (Lipinski definition) is 5. The third kappa shape index (κ3) is 5.59. The minimum atomic E-state index is -0.303. The van der Waals surface area contributed by atoms with Gasteiger partial charge in [0.25, 0.3) is 0 Å². The van der Waals surface area contributed by atoms with Gasteiger partial charge in [-0.15, -0.1) is 0 Å². The molecule has 1 aliphatic heterocycles. The van der Waals surface area contributed by atoms with E-state index >= 15 is 0 Å². The summed E-state index contributed by atoms with van der Waals surface area (Å²) in [6, 6.07) is 14.7. The number of nitrogens with one attached hydrogen (secondary N) is 1. The predicted octanol–water partition coefficient (Wildman–Crippen LogP) is 5.04. The van der Waals surface area contributed by atoms with Crippen LogP contribution in [0.15, 0.2) is 42.5 Å². The van der Waals surface area contributed by atoms with Gasteiger partial charge in [-0.2, -0.15) is 0 Å². The topological polar surface area (TPSA) is 73.6 Å². The molecule has 3 unspecified atom stereocenters. The molecule has 1 heterocycles. The molecule has 5 heteroatoms. The van der Waals surface area contributed by atoms with Gasteiger partial charge in [0.1, 0.15) is 11.5 Å². The number of aryl methyl sites for hydroxylation is 1. The van der Waals surface area contributed by atoms with Crippen molar-refractivity contribution in [1.82, 2.24) is 0 Å². The van der Waals surface area contributed by atoms with Crippen molar-refractivity contribution in [1.29, 1.82) is 0 Å². The van der Waals surface area contributed by atoms with Crippen molar-refractivity contribution in [3.63, 3.8) is 0 Å². The zero-order valence-corrected chi connectivity index (χ0v) is 18.4. The van der Waals surface area contributed by atoms with Crippen molar-refractivity contribution in [2.75, 3.05) is 18.5 Å². The van der Waals surface area contributed by atoms with E-state index in [0.29, 0.717) is 24.2 Å². The monoisotopic (exact) mass is 422 g/mol. The Bertz CT molecular complexity index is 884.